The van der Waals surface area contributed by atoms with Crippen molar-refractivity contribution in [2.45, 2.75) is 6.92 Å². The Bertz CT molecular complexity index is 408. The number of hydrogen-bond acceptors (Lipinski definition) is 2. The highest BCUT2D eigenvalue weighted by Gasteiger charge is 2.08. The van der Waals surface area contributed by atoms with Crippen molar-refractivity contribution in [2.75, 3.05) is 0 Å². The molecule has 0 heterocycles. The Morgan fingerprint density at radius 2 is 2.13 bits per heavy atom. The summed E-state index contributed by atoms with van der Waals surface area (Å²) in [6, 6.07) is 7.15. The highest BCUT2D eigenvalue weighted by molar-refractivity contribution is 6.27. The van der Waals surface area contributed by atoms with Crippen LogP contribution in [0, 0.1) is 0 Å². The van der Waals surface area contributed by atoms with Gasteiger partial charge in [-0.1, -0.05) is 42.5 Å². The number of hydrogen-bond donors (Lipinski definition) is 0. The standard InChI is InChI=1S/C12H11ClO2/c1-3-10-6-4-5-7-11(10)15-12(14)9(2)8-13/h3-8H,1H2,2H3/b9-8+. The summed E-state index contributed by atoms with van der Waals surface area (Å²) in [5, 5.41) is 0. The summed E-state index contributed by atoms with van der Waals surface area (Å²) in [6.07, 6.45) is 1.63. The molecule has 0 bridgehead atoms. The van der Waals surface area contributed by atoms with Crippen LogP contribution in [0.3, 0.4) is 0 Å². The summed E-state index contributed by atoms with van der Waals surface area (Å²) >= 11 is 5.40. The van der Waals surface area contributed by atoms with Gasteiger partial charge in [0.05, 0.1) is 0 Å². The number of benzene rings is 1. The molecule has 0 aromatic heterocycles. The predicted molar refractivity (Wildman–Crippen MR) is 61.8 cm³/mol. The first-order chi connectivity index (χ1) is 7.19. The van der Waals surface area contributed by atoms with Crippen LogP contribution in [0.4, 0.5) is 0 Å². The van der Waals surface area contributed by atoms with Crippen LogP contribution in [-0.2, 0) is 4.79 Å². The SMILES string of the molecule is C=Cc1ccccc1OC(=O)/C(C)=C/Cl. The van der Waals surface area contributed by atoms with Gasteiger partial charge in [0.1, 0.15) is 5.75 Å². The van der Waals surface area contributed by atoms with Gasteiger partial charge < -0.3 is 4.74 Å². The number of esters is 1. The highest BCUT2D eigenvalue weighted by Crippen LogP contribution is 2.19. The van der Waals surface area contributed by atoms with Crippen molar-refractivity contribution in [1.29, 1.82) is 0 Å². The first kappa shape index (κ1) is 11.5. The van der Waals surface area contributed by atoms with Crippen molar-refractivity contribution >= 4 is 23.6 Å². The van der Waals surface area contributed by atoms with Gasteiger partial charge in [0.25, 0.3) is 0 Å². The van der Waals surface area contributed by atoms with E-state index in [1.54, 1.807) is 25.1 Å². The van der Waals surface area contributed by atoms with E-state index in [2.05, 4.69) is 6.58 Å². The average molecular weight is 223 g/mol. The lowest BCUT2D eigenvalue weighted by molar-refractivity contribution is -0.130. The van der Waals surface area contributed by atoms with Crippen LogP contribution in [0.5, 0.6) is 5.75 Å². The molecule has 0 saturated heterocycles. The number of carbonyl (C=O) groups excluding carboxylic acids is 1. The van der Waals surface area contributed by atoms with E-state index in [-0.39, 0.29) is 0 Å². The molecule has 1 rings (SSSR count). The van der Waals surface area contributed by atoms with Gasteiger partial charge in [-0.15, -0.1) is 0 Å². The summed E-state index contributed by atoms with van der Waals surface area (Å²) in [4.78, 5) is 11.4. The smallest absolute Gasteiger partial charge is 0.340 e. The molecule has 0 radical (unpaired) electrons. The van der Waals surface area contributed by atoms with Crippen molar-refractivity contribution in [3.05, 3.63) is 47.5 Å². The molecule has 0 aliphatic carbocycles. The number of rotatable bonds is 3. The Morgan fingerprint density at radius 3 is 2.73 bits per heavy atom. The van der Waals surface area contributed by atoms with Gasteiger partial charge in [-0.25, -0.2) is 4.79 Å². The average Bonchev–Trinajstić information content (AvgIpc) is 2.28. The second-order valence-corrected chi connectivity index (χ2v) is 3.14. The van der Waals surface area contributed by atoms with Crippen LogP contribution in [-0.4, -0.2) is 5.97 Å². The van der Waals surface area contributed by atoms with Crippen molar-refractivity contribution in [3.63, 3.8) is 0 Å². The van der Waals surface area contributed by atoms with Crippen LogP contribution in [0.2, 0.25) is 0 Å². The van der Waals surface area contributed by atoms with Gasteiger partial charge >= 0.3 is 5.97 Å². The minimum absolute atomic E-state index is 0.357. The van der Waals surface area contributed by atoms with E-state index in [1.165, 1.54) is 5.54 Å². The van der Waals surface area contributed by atoms with Crippen LogP contribution >= 0.6 is 11.6 Å². The van der Waals surface area contributed by atoms with E-state index in [9.17, 15) is 4.79 Å². The lowest BCUT2D eigenvalue weighted by Gasteiger charge is -2.06. The minimum atomic E-state index is -0.459. The van der Waals surface area contributed by atoms with E-state index >= 15 is 0 Å². The topological polar surface area (TPSA) is 26.3 Å². The third kappa shape index (κ3) is 2.96. The summed E-state index contributed by atoms with van der Waals surface area (Å²) in [7, 11) is 0. The maximum Gasteiger partial charge on any atom is 0.340 e. The molecule has 0 saturated carbocycles. The van der Waals surface area contributed by atoms with Crippen LogP contribution in [0.15, 0.2) is 42.0 Å². The summed E-state index contributed by atoms with van der Waals surface area (Å²) in [6.45, 7) is 5.22. The molecule has 0 N–H and O–H groups in total. The molecule has 0 fully saturated rings. The number of ether oxygens (including phenoxy) is 1. The first-order valence-electron chi connectivity index (χ1n) is 4.39. The predicted octanol–water partition coefficient (Wildman–Crippen LogP) is 3.38. The fraction of sp³-hybridized carbons (Fsp3) is 0.0833. The fourth-order valence-corrected chi connectivity index (χ4v) is 1.06. The third-order valence-corrected chi connectivity index (χ3v) is 2.15. The number of halogens is 1. The van der Waals surface area contributed by atoms with Gasteiger partial charge in [0.2, 0.25) is 0 Å². The number of para-hydroxylation sites is 1. The monoisotopic (exact) mass is 222 g/mol. The molecular weight excluding hydrogens is 212 g/mol. The molecule has 0 spiro atoms. The van der Waals surface area contributed by atoms with Crippen LogP contribution in [0.1, 0.15) is 12.5 Å². The van der Waals surface area contributed by atoms with E-state index in [1.807, 2.05) is 12.1 Å². The zero-order valence-corrected chi connectivity index (χ0v) is 9.12. The second-order valence-electron chi connectivity index (χ2n) is 2.92. The summed E-state index contributed by atoms with van der Waals surface area (Å²) in [5.74, 6) is 0.0228. The Labute approximate surface area is 93.8 Å². The van der Waals surface area contributed by atoms with Crippen molar-refractivity contribution in [1.82, 2.24) is 0 Å². The van der Waals surface area contributed by atoms with Crippen LogP contribution < -0.4 is 4.74 Å². The minimum Gasteiger partial charge on any atom is -0.423 e. The highest BCUT2D eigenvalue weighted by atomic mass is 35.5. The molecule has 0 atom stereocenters. The molecule has 0 unspecified atom stereocenters. The molecule has 0 aliphatic rings. The molecule has 1 aromatic rings. The summed E-state index contributed by atoms with van der Waals surface area (Å²) in [5.41, 5.74) is 2.32. The molecule has 1 aromatic carbocycles. The lowest BCUT2D eigenvalue weighted by atomic mass is 10.2. The maximum absolute atomic E-state index is 11.4. The molecule has 0 amide bonds. The van der Waals surface area contributed by atoms with E-state index < -0.39 is 5.97 Å². The Hall–Kier alpha value is -1.54. The van der Waals surface area contributed by atoms with E-state index in [0.717, 1.165) is 5.56 Å². The van der Waals surface area contributed by atoms with E-state index in [0.29, 0.717) is 11.3 Å². The molecular formula is C12H11ClO2. The van der Waals surface area contributed by atoms with Gasteiger partial charge in [0, 0.05) is 16.7 Å². The molecule has 3 heteroatoms. The largest absolute Gasteiger partial charge is 0.423 e. The zero-order chi connectivity index (χ0) is 11.3. The maximum atomic E-state index is 11.4. The lowest BCUT2D eigenvalue weighted by Crippen LogP contribution is -2.09. The van der Waals surface area contributed by atoms with Gasteiger partial charge in [-0.05, 0) is 13.0 Å². The van der Waals surface area contributed by atoms with Crippen LogP contribution in [0.25, 0.3) is 6.08 Å². The fourth-order valence-electron chi connectivity index (χ4n) is 0.967. The molecule has 15 heavy (non-hydrogen) atoms. The second kappa shape index (κ2) is 5.37. The quantitative estimate of drug-likeness (QED) is 0.445. The van der Waals surface area contributed by atoms with Crippen molar-refractivity contribution < 1.29 is 9.53 Å². The molecule has 2 nitrogen and oxygen atoms in total. The van der Waals surface area contributed by atoms with Crippen molar-refractivity contribution in [2.24, 2.45) is 0 Å². The Balaban J connectivity index is 2.90. The third-order valence-electron chi connectivity index (χ3n) is 1.83. The van der Waals surface area contributed by atoms with Crippen molar-refractivity contribution in [3.8, 4) is 5.75 Å². The number of carbonyl (C=O) groups is 1. The van der Waals surface area contributed by atoms with Gasteiger partial charge in [0.15, 0.2) is 0 Å². The molecule has 0 aliphatic heterocycles. The first-order valence-corrected chi connectivity index (χ1v) is 4.83. The Morgan fingerprint density at radius 1 is 1.47 bits per heavy atom. The Kier molecular flexibility index (Phi) is 4.13. The van der Waals surface area contributed by atoms with E-state index in [4.69, 9.17) is 16.3 Å². The summed E-state index contributed by atoms with van der Waals surface area (Å²) < 4.78 is 5.13. The zero-order valence-electron chi connectivity index (χ0n) is 8.37. The normalized spacial score (nSPS) is 10.9. The van der Waals surface area contributed by atoms with Gasteiger partial charge in [-0.2, -0.15) is 0 Å². The van der Waals surface area contributed by atoms with Gasteiger partial charge in [-0.3, -0.25) is 0 Å². The molecule has 78 valence electrons.